The number of carbonyl (C=O) groups excluding carboxylic acids is 2. The van der Waals surface area contributed by atoms with Gasteiger partial charge in [0.05, 0.1) is 0 Å². The molecule has 0 saturated carbocycles. The van der Waals surface area contributed by atoms with Crippen molar-refractivity contribution in [3.05, 3.63) is 34.9 Å². The lowest BCUT2D eigenvalue weighted by Crippen LogP contribution is -2.40. The van der Waals surface area contributed by atoms with E-state index in [9.17, 15) is 9.59 Å². The van der Waals surface area contributed by atoms with E-state index >= 15 is 0 Å². The zero-order chi connectivity index (χ0) is 14.3. The molecule has 0 unspecified atom stereocenters. The van der Waals surface area contributed by atoms with Crippen LogP contribution in [0.15, 0.2) is 18.2 Å². The standard InChI is InChI=1S/C16H20N2O2/c1-18(2)15(20)11-3-4-12-10-16(5-7-17-8-6-16)14(19)13(12)9-11/h3-4,9,17H,5-8,10H2,1-2H3. The van der Waals surface area contributed by atoms with Gasteiger partial charge < -0.3 is 10.2 Å². The Labute approximate surface area is 119 Å². The third-order valence-electron chi connectivity index (χ3n) is 4.58. The molecule has 0 bridgehead atoms. The molecule has 0 atom stereocenters. The molecule has 0 aromatic heterocycles. The van der Waals surface area contributed by atoms with E-state index in [1.807, 2.05) is 12.1 Å². The summed E-state index contributed by atoms with van der Waals surface area (Å²) in [5.74, 6) is 0.189. The molecule has 3 rings (SSSR count). The van der Waals surface area contributed by atoms with Crippen LogP contribution in [-0.2, 0) is 6.42 Å². The molecule has 1 N–H and O–H groups in total. The van der Waals surface area contributed by atoms with Crippen molar-refractivity contribution in [3.8, 4) is 0 Å². The van der Waals surface area contributed by atoms with Gasteiger partial charge >= 0.3 is 0 Å². The number of Topliss-reactive ketones (excluding diaryl/α,β-unsaturated/α-hetero) is 1. The van der Waals surface area contributed by atoms with Crippen LogP contribution in [0.1, 0.15) is 39.1 Å². The van der Waals surface area contributed by atoms with Crippen LogP contribution in [0.4, 0.5) is 0 Å². The fourth-order valence-electron chi connectivity index (χ4n) is 3.37. The van der Waals surface area contributed by atoms with Gasteiger partial charge in [0, 0.05) is 30.6 Å². The molecule has 1 heterocycles. The van der Waals surface area contributed by atoms with Gasteiger partial charge in [0.15, 0.2) is 5.78 Å². The lowest BCUT2D eigenvalue weighted by Gasteiger charge is -2.31. The average molecular weight is 272 g/mol. The third-order valence-corrected chi connectivity index (χ3v) is 4.58. The molecule has 4 heteroatoms. The summed E-state index contributed by atoms with van der Waals surface area (Å²) in [5, 5.41) is 3.31. The first-order chi connectivity index (χ1) is 9.53. The fraction of sp³-hybridized carbons (Fsp3) is 0.500. The Kier molecular flexibility index (Phi) is 3.13. The number of ketones is 1. The molecule has 4 nitrogen and oxygen atoms in total. The molecule has 1 saturated heterocycles. The summed E-state index contributed by atoms with van der Waals surface area (Å²) >= 11 is 0. The van der Waals surface area contributed by atoms with Gasteiger partial charge in [-0.25, -0.2) is 0 Å². The smallest absolute Gasteiger partial charge is 0.253 e. The van der Waals surface area contributed by atoms with Gasteiger partial charge in [0.25, 0.3) is 5.91 Å². The molecular weight excluding hydrogens is 252 g/mol. The summed E-state index contributed by atoms with van der Waals surface area (Å²) in [6.07, 6.45) is 2.63. The van der Waals surface area contributed by atoms with Gasteiger partial charge in [-0.3, -0.25) is 9.59 Å². The first-order valence-corrected chi connectivity index (χ1v) is 7.14. The minimum atomic E-state index is -0.215. The number of nitrogens with one attached hydrogen (secondary N) is 1. The van der Waals surface area contributed by atoms with Crippen molar-refractivity contribution in [2.45, 2.75) is 19.3 Å². The van der Waals surface area contributed by atoms with Crippen LogP contribution in [0.3, 0.4) is 0 Å². The van der Waals surface area contributed by atoms with Gasteiger partial charge in [-0.2, -0.15) is 0 Å². The number of amides is 1. The minimum absolute atomic E-state index is 0.0492. The van der Waals surface area contributed by atoms with E-state index in [-0.39, 0.29) is 17.1 Å². The second-order valence-electron chi connectivity index (χ2n) is 6.11. The van der Waals surface area contributed by atoms with E-state index in [1.54, 1.807) is 25.1 Å². The van der Waals surface area contributed by atoms with Crippen LogP contribution >= 0.6 is 0 Å². The normalized spacial score (nSPS) is 20.0. The third kappa shape index (κ3) is 1.95. The fourth-order valence-corrected chi connectivity index (χ4v) is 3.37. The molecule has 106 valence electrons. The Bertz CT molecular complexity index is 572. The van der Waals surface area contributed by atoms with Gasteiger partial charge in [-0.15, -0.1) is 0 Å². The molecule has 20 heavy (non-hydrogen) atoms. The molecular formula is C16H20N2O2. The van der Waals surface area contributed by atoms with E-state index in [2.05, 4.69) is 5.32 Å². The number of rotatable bonds is 1. The highest BCUT2D eigenvalue weighted by Crippen LogP contribution is 2.43. The van der Waals surface area contributed by atoms with Crippen LogP contribution in [0.25, 0.3) is 0 Å². The number of fused-ring (bicyclic) bond motifs is 1. The predicted molar refractivity (Wildman–Crippen MR) is 77.0 cm³/mol. The van der Waals surface area contributed by atoms with E-state index in [0.717, 1.165) is 43.5 Å². The van der Waals surface area contributed by atoms with E-state index in [0.29, 0.717) is 5.56 Å². The maximum Gasteiger partial charge on any atom is 0.253 e. The van der Waals surface area contributed by atoms with Crippen LogP contribution in [0.2, 0.25) is 0 Å². The van der Waals surface area contributed by atoms with Crippen molar-refractivity contribution in [3.63, 3.8) is 0 Å². The number of hydrogen-bond acceptors (Lipinski definition) is 3. The molecule has 2 aliphatic rings. The summed E-state index contributed by atoms with van der Waals surface area (Å²) in [4.78, 5) is 26.3. The van der Waals surface area contributed by atoms with Gasteiger partial charge in [-0.05, 0) is 50.0 Å². The quantitative estimate of drug-likeness (QED) is 0.843. The van der Waals surface area contributed by atoms with Crippen LogP contribution < -0.4 is 5.32 Å². The SMILES string of the molecule is CN(C)C(=O)c1ccc2c(c1)C(=O)C1(CCNCC1)C2. The molecule has 1 fully saturated rings. The average Bonchev–Trinajstić information content (AvgIpc) is 2.71. The molecule has 1 aliphatic carbocycles. The van der Waals surface area contributed by atoms with Crippen molar-refractivity contribution < 1.29 is 9.59 Å². The molecule has 1 aromatic carbocycles. The number of benzene rings is 1. The van der Waals surface area contributed by atoms with Gasteiger partial charge in [0.1, 0.15) is 0 Å². The Hall–Kier alpha value is -1.68. The Morgan fingerprint density at radius 2 is 1.95 bits per heavy atom. The number of hydrogen-bond donors (Lipinski definition) is 1. The first kappa shape index (κ1) is 13.3. The molecule has 1 amide bonds. The van der Waals surface area contributed by atoms with Gasteiger partial charge in [-0.1, -0.05) is 6.07 Å². The maximum atomic E-state index is 12.8. The summed E-state index contributed by atoms with van der Waals surface area (Å²) in [6, 6.07) is 5.59. The molecule has 1 aliphatic heterocycles. The lowest BCUT2D eigenvalue weighted by atomic mass is 9.75. The first-order valence-electron chi connectivity index (χ1n) is 7.14. The van der Waals surface area contributed by atoms with Crippen molar-refractivity contribution in [2.24, 2.45) is 5.41 Å². The zero-order valence-electron chi connectivity index (χ0n) is 12.0. The topological polar surface area (TPSA) is 49.4 Å². The predicted octanol–water partition coefficient (Wildman–Crippen LogP) is 1.50. The number of piperidine rings is 1. The van der Waals surface area contributed by atoms with Crippen molar-refractivity contribution in [1.82, 2.24) is 10.2 Å². The Morgan fingerprint density at radius 1 is 1.25 bits per heavy atom. The van der Waals surface area contributed by atoms with E-state index < -0.39 is 0 Å². The van der Waals surface area contributed by atoms with Crippen LogP contribution in [0.5, 0.6) is 0 Å². The van der Waals surface area contributed by atoms with Crippen molar-refractivity contribution in [1.29, 1.82) is 0 Å². The summed E-state index contributed by atoms with van der Waals surface area (Å²) in [7, 11) is 3.46. The van der Waals surface area contributed by atoms with E-state index in [4.69, 9.17) is 0 Å². The second kappa shape index (κ2) is 4.70. The van der Waals surface area contributed by atoms with Crippen molar-refractivity contribution in [2.75, 3.05) is 27.2 Å². The second-order valence-corrected chi connectivity index (χ2v) is 6.11. The number of carbonyl (C=O) groups is 2. The van der Waals surface area contributed by atoms with E-state index in [1.165, 1.54) is 0 Å². The highest BCUT2D eigenvalue weighted by molar-refractivity contribution is 6.07. The highest BCUT2D eigenvalue weighted by atomic mass is 16.2. The van der Waals surface area contributed by atoms with Crippen molar-refractivity contribution >= 4 is 11.7 Å². The largest absolute Gasteiger partial charge is 0.345 e. The monoisotopic (exact) mass is 272 g/mol. The van der Waals surface area contributed by atoms with Gasteiger partial charge in [0.2, 0.25) is 0 Å². The molecule has 1 spiro atoms. The Morgan fingerprint density at radius 3 is 2.60 bits per heavy atom. The zero-order valence-corrected chi connectivity index (χ0v) is 12.0. The summed E-state index contributed by atoms with van der Waals surface area (Å²) in [6.45, 7) is 1.81. The van der Waals surface area contributed by atoms with Crippen LogP contribution in [-0.4, -0.2) is 43.8 Å². The summed E-state index contributed by atoms with van der Waals surface area (Å²) < 4.78 is 0. The molecule has 0 radical (unpaired) electrons. The highest BCUT2D eigenvalue weighted by Gasteiger charge is 2.45. The Balaban J connectivity index is 1.96. The summed E-state index contributed by atoms with van der Waals surface area (Å²) in [5.41, 5.74) is 2.26. The van der Waals surface area contributed by atoms with Crippen LogP contribution in [0, 0.1) is 5.41 Å². The minimum Gasteiger partial charge on any atom is -0.345 e. The lowest BCUT2D eigenvalue weighted by molar-refractivity contribution is 0.0762. The molecule has 1 aromatic rings. The number of nitrogens with zero attached hydrogens (tertiary/aromatic N) is 1. The maximum absolute atomic E-state index is 12.8.